The lowest BCUT2D eigenvalue weighted by Crippen LogP contribution is -2.10. The van der Waals surface area contributed by atoms with Crippen LogP contribution >= 0.6 is 9.24 Å². The molecule has 0 saturated carbocycles. The van der Waals surface area contributed by atoms with Crippen molar-refractivity contribution in [1.29, 1.82) is 5.41 Å². The first kappa shape index (κ1) is 11.6. The summed E-state index contributed by atoms with van der Waals surface area (Å²) in [6.07, 6.45) is 4.35. The maximum Gasteiger partial charge on any atom is 0.0528 e. The van der Waals surface area contributed by atoms with Crippen molar-refractivity contribution in [3.63, 3.8) is 0 Å². The van der Waals surface area contributed by atoms with Crippen molar-refractivity contribution in [1.82, 2.24) is 0 Å². The maximum atomic E-state index is 7.34. The van der Waals surface area contributed by atoms with E-state index in [9.17, 15) is 0 Å². The fourth-order valence-electron chi connectivity index (χ4n) is 1.24. The molecule has 0 fully saturated rings. The number of nitrogens with two attached hydrogens (primary N) is 1. The van der Waals surface area contributed by atoms with Crippen LogP contribution in [0.15, 0.2) is 11.3 Å². The Morgan fingerprint density at radius 3 is 2.17 bits per heavy atom. The summed E-state index contributed by atoms with van der Waals surface area (Å²) < 4.78 is 0. The van der Waals surface area contributed by atoms with Crippen LogP contribution < -0.4 is 5.73 Å². The van der Waals surface area contributed by atoms with Crippen molar-refractivity contribution in [3.05, 3.63) is 11.3 Å². The molecule has 0 aromatic heterocycles. The van der Waals surface area contributed by atoms with Crippen LogP contribution in [-0.2, 0) is 0 Å². The van der Waals surface area contributed by atoms with Gasteiger partial charge in [-0.1, -0.05) is 23.1 Å². The van der Waals surface area contributed by atoms with E-state index in [2.05, 4.69) is 9.24 Å². The van der Waals surface area contributed by atoms with Gasteiger partial charge in [0, 0.05) is 5.70 Å². The van der Waals surface area contributed by atoms with Crippen LogP contribution in [0.4, 0.5) is 0 Å². The van der Waals surface area contributed by atoms with Crippen LogP contribution in [0.5, 0.6) is 0 Å². The third-order valence-corrected chi connectivity index (χ3v) is 2.18. The molecule has 2 nitrogen and oxygen atoms in total. The van der Waals surface area contributed by atoms with Gasteiger partial charge in [0.05, 0.1) is 5.45 Å². The second-order valence-corrected chi connectivity index (χ2v) is 3.20. The highest BCUT2D eigenvalue weighted by molar-refractivity contribution is 7.41. The van der Waals surface area contributed by atoms with Gasteiger partial charge in [0.15, 0.2) is 0 Å². The Balaban J connectivity index is 0.000000561. The van der Waals surface area contributed by atoms with E-state index in [1.165, 1.54) is 12.8 Å². The van der Waals surface area contributed by atoms with E-state index in [-0.39, 0.29) is 0 Å². The van der Waals surface area contributed by atoms with Gasteiger partial charge in [-0.15, -0.1) is 0 Å². The number of hydrogen-bond donors (Lipinski definition) is 2. The fourth-order valence-corrected chi connectivity index (χ4v) is 1.57. The topological polar surface area (TPSA) is 49.9 Å². The van der Waals surface area contributed by atoms with Crippen LogP contribution in [0.3, 0.4) is 0 Å². The van der Waals surface area contributed by atoms with Gasteiger partial charge in [-0.05, 0) is 31.3 Å². The van der Waals surface area contributed by atoms with Crippen LogP contribution in [0.1, 0.15) is 39.5 Å². The molecule has 0 amide bonds. The molecular formula is C9H19N2P. The standard InChI is InChI=1S/C7H13N2P.C2H6/c8-6-4-2-1-3-5(6)7(9)10;1-2/h9H,1-4,8,10H2;1-2H3. The van der Waals surface area contributed by atoms with Gasteiger partial charge in [-0.25, -0.2) is 0 Å². The van der Waals surface area contributed by atoms with Gasteiger partial charge in [0.25, 0.3) is 0 Å². The fraction of sp³-hybridized carbons (Fsp3) is 0.667. The minimum absolute atomic E-state index is 0.567. The predicted molar refractivity (Wildman–Crippen MR) is 58.5 cm³/mol. The number of nitrogens with one attached hydrogen (secondary N) is 1. The van der Waals surface area contributed by atoms with E-state index >= 15 is 0 Å². The molecule has 0 saturated heterocycles. The maximum absolute atomic E-state index is 7.34. The number of allylic oxidation sites excluding steroid dienone is 2. The van der Waals surface area contributed by atoms with Crippen LogP contribution in [-0.4, -0.2) is 5.45 Å². The molecular weight excluding hydrogens is 167 g/mol. The minimum Gasteiger partial charge on any atom is -0.402 e. The highest BCUT2D eigenvalue weighted by Gasteiger charge is 2.10. The molecule has 1 atom stereocenters. The summed E-state index contributed by atoms with van der Waals surface area (Å²) in [5, 5.41) is 7.34. The summed E-state index contributed by atoms with van der Waals surface area (Å²) >= 11 is 0. The van der Waals surface area contributed by atoms with E-state index in [0.717, 1.165) is 24.1 Å². The van der Waals surface area contributed by atoms with Crippen molar-refractivity contribution in [3.8, 4) is 0 Å². The van der Waals surface area contributed by atoms with E-state index in [1.807, 2.05) is 13.8 Å². The summed E-state index contributed by atoms with van der Waals surface area (Å²) in [7, 11) is 2.39. The second-order valence-electron chi connectivity index (χ2n) is 2.62. The Kier molecular flexibility index (Phi) is 6.00. The van der Waals surface area contributed by atoms with Crippen molar-refractivity contribution in [2.75, 3.05) is 0 Å². The van der Waals surface area contributed by atoms with Crippen LogP contribution in [0, 0.1) is 5.41 Å². The van der Waals surface area contributed by atoms with Gasteiger partial charge in [0.1, 0.15) is 0 Å². The first-order valence-corrected chi connectivity index (χ1v) is 5.11. The molecule has 0 bridgehead atoms. The third-order valence-electron chi connectivity index (χ3n) is 1.84. The molecule has 70 valence electrons. The van der Waals surface area contributed by atoms with E-state index in [0.29, 0.717) is 5.45 Å². The van der Waals surface area contributed by atoms with Crippen LogP contribution in [0.2, 0.25) is 0 Å². The molecule has 0 spiro atoms. The van der Waals surface area contributed by atoms with E-state index in [1.54, 1.807) is 0 Å². The lowest BCUT2D eigenvalue weighted by molar-refractivity contribution is 0.683. The lowest BCUT2D eigenvalue weighted by Gasteiger charge is -2.15. The SMILES string of the molecule is CC.N=C(P)C1=C(N)CCCC1. The Morgan fingerprint density at radius 2 is 1.83 bits per heavy atom. The molecule has 0 aromatic carbocycles. The second kappa shape index (κ2) is 6.19. The summed E-state index contributed by atoms with van der Waals surface area (Å²) in [4.78, 5) is 0. The monoisotopic (exact) mass is 186 g/mol. The molecule has 12 heavy (non-hydrogen) atoms. The third kappa shape index (κ3) is 3.36. The summed E-state index contributed by atoms with van der Waals surface area (Å²) in [5.74, 6) is 0. The zero-order valence-corrected chi connectivity index (χ0v) is 9.14. The average molecular weight is 186 g/mol. The quantitative estimate of drug-likeness (QED) is 0.480. The molecule has 1 rings (SSSR count). The first-order chi connectivity index (χ1) is 5.72. The summed E-state index contributed by atoms with van der Waals surface area (Å²) in [5.41, 5.74) is 8.25. The normalized spacial score (nSPS) is 16.6. The minimum atomic E-state index is 0.567. The molecule has 0 aliphatic heterocycles. The lowest BCUT2D eigenvalue weighted by atomic mass is 9.97. The smallest absolute Gasteiger partial charge is 0.0528 e. The summed E-state index contributed by atoms with van der Waals surface area (Å²) in [6.45, 7) is 4.00. The molecule has 1 aliphatic carbocycles. The molecule has 1 unspecified atom stereocenters. The Hall–Kier alpha value is -0.360. The van der Waals surface area contributed by atoms with Gasteiger partial charge in [-0.3, -0.25) is 0 Å². The number of hydrogen-bond acceptors (Lipinski definition) is 2. The Labute approximate surface area is 77.3 Å². The highest BCUT2D eigenvalue weighted by Crippen LogP contribution is 2.23. The largest absolute Gasteiger partial charge is 0.402 e. The Morgan fingerprint density at radius 1 is 1.33 bits per heavy atom. The summed E-state index contributed by atoms with van der Waals surface area (Å²) in [6, 6.07) is 0. The van der Waals surface area contributed by atoms with Gasteiger partial charge >= 0.3 is 0 Å². The van der Waals surface area contributed by atoms with Gasteiger partial charge < -0.3 is 11.1 Å². The average Bonchev–Trinajstić information content (AvgIpc) is 2.08. The predicted octanol–water partition coefficient (Wildman–Crippen LogP) is 2.65. The molecule has 1 aliphatic rings. The van der Waals surface area contributed by atoms with Gasteiger partial charge in [-0.2, -0.15) is 0 Å². The van der Waals surface area contributed by atoms with Crippen molar-refractivity contribution in [2.45, 2.75) is 39.5 Å². The molecule has 0 aromatic rings. The van der Waals surface area contributed by atoms with Crippen molar-refractivity contribution >= 4 is 14.7 Å². The highest BCUT2D eigenvalue weighted by atomic mass is 31.0. The molecule has 0 heterocycles. The first-order valence-electron chi connectivity index (χ1n) is 4.53. The zero-order chi connectivity index (χ0) is 9.56. The molecule has 0 radical (unpaired) electrons. The molecule has 3 N–H and O–H groups in total. The zero-order valence-electron chi connectivity index (χ0n) is 7.98. The van der Waals surface area contributed by atoms with Crippen molar-refractivity contribution in [2.24, 2.45) is 5.73 Å². The molecule has 3 heteroatoms. The van der Waals surface area contributed by atoms with E-state index < -0.39 is 0 Å². The van der Waals surface area contributed by atoms with Gasteiger partial charge in [0.2, 0.25) is 0 Å². The Bertz CT molecular complexity index is 185. The van der Waals surface area contributed by atoms with E-state index in [4.69, 9.17) is 11.1 Å². The van der Waals surface area contributed by atoms with Crippen molar-refractivity contribution < 1.29 is 0 Å². The number of rotatable bonds is 1. The van der Waals surface area contributed by atoms with Crippen LogP contribution in [0.25, 0.3) is 0 Å².